The molecule has 0 heterocycles. The van der Waals surface area contributed by atoms with Crippen LogP contribution in [-0.2, 0) is 57.5 Å². The van der Waals surface area contributed by atoms with Gasteiger partial charge in [0, 0.05) is 84.6 Å². The van der Waals surface area contributed by atoms with Crippen molar-refractivity contribution in [3.8, 4) is 0 Å². The number of carboxylic acid groups (broad SMARTS) is 7. The summed E-state index contributed by atoms with van der Waals surface area (Å²) in [7, 11) is 0. The molecule has 7 amide bonds. The second kappa shape index (κ2) is 47.3. The van der Waals surface area contributed by atoms with Crippen LogP contribution in [0.1, 0.15) is 149 Å². The molecular formula is C77H89N7O21. The van der Waals surface area contributed by atoms with Crippen LogP contribution in [0.4, 0.5) is 39.8 Å². The normalized spacial score (nSPS) is 9.87. The quantitative estimate of drug-likeness (QED) is 0.0217. The van der Waals surface area contributed by atoms with Crippen LogP contribution in [0, 0.1) is 55.4 Å². The number of hydrogen-bond acceptors (Lipinski definition) is 14. The van der Waals surface area contributed by atoms with Gasteiger partial charge in [-0.2, -0.15) is 0 Å². The van der Waals surface area contributed by atoms with Crippen LogP contribution in [0.3, 0.4) is 0 Å². The van der Waals surface area contributed by atoms with Crippen molar-refractivity contribution in [2.45, 2.75) is 139 Å². The molecule has 0 fully saturated rings. The molecule has 7 rings (SSSR count). The number of hydrogen-bond donors (Lipinski definition) is 14. The van der Waals surface area contributed by atoms with Gasteiger partial charge in [0.15, 0.2) is 0 Å². The number of rotatable bonds is 28. The Morgan fingerprint density at radius 1 is 0.267 bits per heavy atom. The number of benzene rings is 7. The minimum atomic E-state index is -1.15. The lowest BCUT2D eigenvalue weighted by Gasteiger charge is -2.12. The van der Waals surface area contributed by atoms with Crippen molar-refractivity contribution in [3.05, 3.63) is 207 Å². The molecule has 558 valence electrons. The minimum absolute atomic E-state index is 0.00207. The van der Waals surface area contributed by atoms with Gasteiger partial charge in [-0.1, -0.05) is 96.6 Å². The number of carbonyl (C=O) groups is 14. The van der Waals surface area contributed by atoms with Crippen molar-refractivity contribution in [3.63, 3.8) is 0 Å². The molecule has 14 N–H and O–H groups in total. The third kappa shape index (κ3) is 38.5. The van der Waals surface area contributed by atoms with E-state index in [1.54, 1.807) is 42.5 Å². The number of amides is 7. The molecule has 0 saturated heterocycles. The fourth-order valence-corrected chi connectivity index (χ4v) is 8.84. The molecule has 28 nitrogen and oxygen atoms in total. The van der Waals surface area contributed by atoms with Crippen LogP contribution >= 0.6 is 0 Å². The number of aryl methyl sites for hydroxylation is 8. The third-order valence-electron chi connectivity index (χ3n) is 14.4. The zero-order chi connectivity index (χ0) is 78.7. The van der Waals surface area contributed by atoms with E-state index in [9.17, 15) is 67.1 Å². The van der Waals surface area contributed by atoms with E-state index in [1.165, 1.54) is 18.2 Å². The van der Waals surface area contributed by atoms with Crippen LogP contribution in [0.15, 0.2) is 152 Å². The lowest BCUT2D eigenvalue weighted by molar-refractivity contribution is -0.138. The molecule has 105 heavy (non-hydrogen) atoms. The number of carbonyl (C=O) groups excluding carboxylic acids is 7. The van der Waals surface area contributed by atoms with Gasteiger partial charge in [0.1, 0.15) is 0 Å². The summed E-state index contributed by atoms with van der Waals surface area (Å²) < 4.78 is 0. The number of anilines is 7. The summed E-state index contributed by atoms with van der Waals surface area (Å²) in [6.45, 7) is 15.5. The maximum absolute atomic E-state index is 12.3. The van der Waals surface area contributed by atoms with Crippen LogP contribution in [0.25, 0.3) is 0 Å². The zero-order valence-corrected chi connectivity index (χ0v) is 59.5. The topological polar surface area (TPSA) is 465 Å². The largest absolute Gasteiger partial charge is 0.481 e. The van der Waals surface area contributed by atoms with Crippen molar-refractivity contribution in [1.82, 2.24) is 0 Å². The van der Waals surface area contributed by atoms with Gasteiger partial charge in [-0.3, -0.25) is 62.3 Å². The maximum atomic E-state index is 12.3. The molecule has 0 aliphatic carbocycles. The van der Waals surface area contributed by atoms with Crippen LogP contribution in [0.5, 0.6) is 0 Å². The molecule has 28 heteroatoms. The van der Waals surface area contributed by atoms with Gasteiger partial charge >= 0.3 is 41.8 Å². The average Bonchev–Trinajstić information content (AvgIpc) is 0.872. The first-order chi connectivity index (χ1) is 49.5. The molecule has 0 bridgehead atoms. The Bertz CT molecular complexity index is 4180. The maximum Gasteiger partial charge on any atom is 0.337 e. The zero-order valence-electron chi connectivity index (χ0n) is 59.5. The second-order valence-corrected chi connectivity index (χ2v) is 23.4. The van der Waals surface area contributed by atoms with Gasteiger partial charge in [0.25, 0.3) is 5.91 Å². The van der Waals surface area contributed by atoms with E-state index in [2.05, 4.69) is 37.2 Å². The number of aliphatic carboxylic acids is 6. The second-order valence-electron chi connectivity index (χ2n) is 23.4. The first-order valence-corrected chi connectivity index (χ1v) is 32.7. The molecule has 0 aromatic heterocycles. The predicted octanol–water partition coefficient (Wildman–Crippen LogP) is 12.7. The summed E-state index contributed by atoms with van der Waals surface area (Å²) in [5.41, 5.74) is 13.0. The van der Waals surface area contributed by atoms with Gasteiger partial charge in [-0.05, 0) is 161 Å². The third-order valence-corrected chi connectivity index (χ3v) is 14.4. The number of aromatic carboxylic acids is 1. The van der Waals surface area contributed by atoms with E-state index in [0.29, 0.717) is 23.4 Å². The molecule has 7 aromatic rings. The van der Waals surface area contributed by atoms with Gasteiger partial charge in [-0.15, -0.1) is 0 Å². The Balaban J connectivity index is 0.000000431. The van der Waals surface area contributed by atoms with Crippen molar-refractivity contribution in [2.75, 3.05) is 37.2 Å². The Morgan fingerprint density at radius 2 is 0.610 bits per heavy atom. The molecule has 0 saturated carbocycles. The SMILES string of the molecule is Cc1cc(C)c(NC(=O)CCC(=O)O)c(C)c1.Cc1ccc(NC(=O)CCC(=O)O)cc1C.Cc1ccccc1NC(=O)CCC(=O)O.Cc1ccccc1NC(=O)CCCC(=O)O.Cc1ccccc1NC(=O)c1cccc(NC(=O)CCC(=O)O)c1.O=C(O)CCC(=O)Nc1ccccc1C(=O)O. The number of nitrogens with one attached hydrogen (secondary N) is 7. The Labute approximate surface area is 606 Å². The first kappa shape index (κ1) is 88.2. The monoisotopic (exact) mass is 1450 g/mol. The van der Waals surface area contributed by atoms with E-state index in [1.807, 2.05) is 146 Å². The van der Waals surface area contributed by atoms with Crippen molar-refractivity contribution in [1.29, 1.82) is 0 Å². The van der Waals surface area contributed by atoms with Gasteiger partial charge in [0.2, 0.25) is 35.4 Å². The Hall–Kier alpha value is -12.9. The fraction of sp³-hybridized carbons (Fsp3) is 0.273. The summed E-state index contributed by atoms with van der Waals surface area (Å²) in [6, 6.07) is 44.2. The Kier molecular flexibility index (Phi) is 39.7. The average molecular weight is 1450 g/mol. The van der Waals surface area contributed by atoms with Gasteiger partial charge in [-0.25, -0.2) is 4.79 Å². The highest BCUT2D eigenvalue weighted by Crippen LogP contribution is 2.24. The minimum Gasteiger partial charge on any atom is -0.481 e. The van der Waals surface area contributed by atoms with Crippen molar-refractivity contribution < 1.29 is 103 Å². The first-order valence-electron chi connectivity index (χ1n) is 32.7. The number of para-hydroxylation sites is 4. The lowest BCUT2D eigenvalue weighted by Crippen LogP contribution is -2.15. The fourth-order valence-electron chi connectivity index (χ4n) is 8.84. The van der Waals surface area contributed by atoms with Crippen molar-refractivity contribution >= 4 is 123 Å². The van der Waals surface area contributed by atoms with Gasteiger partial charge < -0.3 is 73.0 Å². The molecule has 0 radical (unpaired) electrons. The standard InChI is InChI=1S/C18H18N2O4.C13H17NO3.2C12H15NO3.C11H11NO5.C11H13NO3/c1-12-5-2-3-8-15(12)20-18(24)13-6-4-7-14(11-13)19-16(21)9-10-17(22)23;1-8-6-9(2)13(10(3)7-8)14-11(15)4-5-12(16)17;1-8-3-4-10(7-9(8)2)13-11(14)5-6-12(15)16;1-9-5-2-3-6-10(9)13-11(14)7-4-8-12(15)16;13-9(5-6-10(14)15)12-8-4-2-1-3-7(8)11(16)17;1-8-4-2-3-5-9(8)12-10(13)6-7-11(14)15/h2-8,11H,9-10H2,1H3,(H,19,21)(H,20,24)(H,22,23);6-7H,4-5H2,1-3H3,(H,14,15)(H,16,17);3-4,7H,5-6H2,1-2H3,(H,13,14)(H,15,16);2-3,5-6H,4,7-8H2,1H3,(H,13,14)(H,15,16);1-4H,5-6H2,(H,12,13)(H,14,15)(H,16,17);2-5H,6-7H2,1H3,(H,12,13)(H,14,15). The van der Waals surface area contributed by atoms with E-state index < -0.39 is 53.6 Å². The molecule has 0 unspecified atom stereocenters. The highest BCUT2D eigenvalue weighted by Gasteiger charge is 2.16. The van der Waals surface area contributed by atoms with Crippen molar-refractivity contribution in [2.24, 2.45) is 0 Å². The lowest BCUT2D eigenvalue weighted by atomic mass is 10.0. The summed E-state index contributed by atoms with van der Waals surface area (Å²) in [4.78, 5) is 154. The van der Waals surface area contributed by atoms with E-state index in [0.717, 1.165) is 67.3 Å². The summed E-state index contributed by atoms with van der Waals surface area (Å²) in [5.74, 6) is -9.19. The molecule has 0 atom stereocenters. The van der Waals surface area contributed by atoms with E-state index >= 15 is 0 Å². The predicted molar refractivity (Wildman–Crippen MR) is 396 cm³/mol. The smallest absolute Gasteiger partial charge is 0.337 e. The summed E-state index contributed by atoms with van der Waals surface area (Å²) >= 11 is 0. The van der Waals surface area contributed by atoms with E-state index in [4.69, 9.17) is 35.7 Å². The van der Waals surface area contributed by atoms with E-state index in [-0.39, 0.29) is 118 Å². The molecule has 0 spiro atoms. The van der Waals surface area contributed by atoms with Crippen LogP contribution in [-0.4, -0.2) is 119 Å². The molecular weight excluding hydrogens is 1360 g/mol. The molecule has 0 aliphatic heterocycles. The Morgan fingerprint density at radius 3 is 1.00 bits per heavy atom. The highest BCUT2D eigenvalue weighted by molar-refractivity contribution is 6.06. The van der Waals surface area contributed by atoms with Crippen LogP contribution < -0.4 is 37.2 Å². The molecule has 7 aromatic carbocycles. The highest BCUT2D eigenvalue weighted by atomic mass is 16.4. The molecule has 0 aliphatic rings. The number of carboxylic acids is 7. The summed E-state index contributed by atoms with van der Waals surface area (Å²) in [6.07, 6.45) is -0.619. The summed E-state index contributed by atoms with van der Waals surface area (Å²) in [5, 5.41) is 78.2. The van der Waals surface area contributed by atoms with Gasteiger partial charge in [0.05, 0.1) is 43.4 Å². The van der Waals surface area contributed by atoms with Crippen LogP contribution in [0.2, 0.25) is 0 Å².